The highest BCUT2D eigenvalue weighted by Crippen LogP contribution is 2.21. The number of carbonyl (C=O) groups is 1. The predicted octanol–water partition coefficient (Wildman–Crippen LogP) is 4.33. The number of nitrogens with zero attached hydrogens (tertiary/aromatic N) is 1. The van der Waals surface area contributed by atoms with Gasteiger partial charge in [-0.15, -0.1) is 11.3 Å². The van der Waals surface area contributed by atoms with E-state index < -0.39 is 0 Å². The summed E-state index contributed by atoms with van der Waals surface area (Å²) in [6.07, 6.45) is 0. The Balaban J connectivity index is 1.97. The lowest BCUT2D eigenvalue weighted by atomic mass is 10.1. The molecule has 106 valence electrons. The maximum atomic E-state index is 12.3. The van der Waals surface area contributed by atoms with Gasteiger partial charge in [0.25, 0.3) is 0 Å². The summed E-state index contributed by atoms with van der Waals surface area (Å²) < 4.78 is 0. The normalized spacial score (nSPS) is 11.1. The standard InChI is InChI=1S/C16H18ClNOS/c1-11-8-15(12(2)20-11)16(19)10-18(3)9-13-4-6-14(17)7-5-13/h4-8H,9-10H2,1-3H3. The van der Waals surface area contributed by atoms with Crippen molar-refractivity contribution in [3.05, 3.63) is 56.2 Å². The van der Waals surface area contributed by atoms with Crippen LogP contribution in [0, 0.1) is 13.8 Å². The number of carbonyl (C=O) groups excluding carboxylic acids is 1. The molecular weight excluding hydrogens is 290 g/mol. The van der Waals surface area contributed by atoms with Gasteiger partial charge < -0.3 is 0 Å². The first-order valence-electron chi connectivity index (χ1n) is 6.49. The topological polar surface area (TPSA) is 20.3 Å². The maximum absolute atomic E-state index is 12.3. The van der Waals surface area contributed by atoms with E-state index in [2.05, 4.69) is 0 Å². The highest BCUT2D eigenvalue weighted by molar-refractivity contribution is 7.12. The van der Waals surface area contributed by atoms with Crippen molar-refractivity contribution in [1.29, 1.82) is 0 Å². The molecule has 0 aliphatic rings. The van der Waals surface area contributed by atoms with Crippen LogP contribution in [0.5, 0.6) is 0 Å². The Kier molecular flexibility index (Phi) is 4.97. The van der Waals surface area contributed by atoms with E-state index in [1.165, 1.54) is 4.88 Å². The number of rotatable bonds is 5. The molecule has 1 heterocycles. The van der Waals surface area contributed by atoms with Gasteiger partial charge in [-0.3, -0.25) is 9.69 Å². The first-order valence-corrected chi connectivity index (χ1v) is 7.68. The van der Waals surface area contributed by atoms with Crippen molar-refractivity contribution in [2.24, 2.45) is 0 Å². The van der Waals surface area contributed by atoms with Crippen LogP contribution in [0.15, 0.2) is 30.3 Å². The van der Waals surface area contributed by atoms with Gasteiger partial charge in [-0.2, -0.15) is 0 Å². The maximum Gasteiger partial charge on any atom is 0.177 e. The van der Waals surface area contributed by atoms with Gasteiger partial charge in [0.05, 0.1) is 6.54 Å². The van der Waals surface area contributed by atoms with Crippen LogP contribution in [-0.2, 0) is 6.54 Å². The average Bonchev–Trinajstić information content (AvgIpc) is 2.71. The Morgan fingerprint density at radius 1 is 1.25 bits per heavy atom. The fraction of sp³-hybridized carbons (Fsp3) is 0.312. The fourth-order valence-corrected chi connectivity index (χ4v) is 3.26. The van der Waals surface area contributed by atoms with Gasteiger partial charge in [0.15, 0.2) is 5.78 Å². The number of Topliss-reactive ketones (excluding diaryl/α,β-unsaturated/α-hetero) is 1. The summed E-state index contributed by atoms with van der Waals surface area (Å²) in [5, 5.41) is 0.733. The third-order valence-electron chi connectivity index (χ3n) is 3.12. The number of aryl methyl sites for hydroxylation is 2. The number of hydrogen-bond donors (Lipinski definition) is 0. The molecule has 1 aromatic heterocycles. The first kappa shape index (κ1) is 15.2. The molecule has 0 aliphatic heterocycles. The number of benzene rings is 1. The average molecular weight is 308 g/mol. The van der Waals surface area contributed by atoms with E-state index in [4.69, 9.17) is 11.6 Å². The van der Waals surface area contributed by atoms with E-state index in [9.17, 15) is 4.79 Å². The van der Waals surface area contributed by atoms with Crippen LogP contribution in [0.3, 0.4) is 0 Å². The van der Waals surface area contributed by atoms with Gasteiger partial charge >= 0.3 is 0 Å². The molecule has 0 amide bonds. The molecule has 0 spiro atoms. The summed E-state index contributed by atoms with van der Waals surface area (Å²) in [6, 6.07) is 9.71. The molecule has 0 unspecified atom stereocenters. The number of hydrogen-bond acceptors (Lipinski definition) is 3. The van der Waals surface area contributed by atoms with Crippen molar-refractivity contribution in [1.82, 2.24) is 4.90 Å². The van der Waals surface area contributed by atoms with Crippen molar-refractivity contribution in [3.63, 3.8) is 0 Å². The van der Waals surface area contributed by atoms with Gasteiger partial charge in [-0.1, -0.05) is 23.7 Å². The Morgan fingerprint density at radius 2 is 1.90 bits per heavy atom. The molecule has 0 N–H and O–H groups in total. The van der Waals surface area contributed by atoms with Crippen LogP contribution in [0.25, 0.3) is 0 Å². The molecule has 0 bridgehead atoms. The molecule has 0 aliphatic carbocycles. The van der Waals surface area contributed by atoms with Crippen LogP contribution in [0.4, 0.5) is 0 Å². The van der Waals surface area contributed by atoms with E-state index in [-0.39, 0.29) is 5.78 Å². The Hall–Kier alpha value is -1.16. The van der Waals surface area contributed by atoms with Crippen LogP contribution in [0.1, 0.15) is 25.7 Å². The minimum absolute atomic E-state index is 0.184. The number of thiophene rings is 1. The molecule has 2 aromatic rings. The van der Waals surface area contributed by atoms with Crippen LogP contribution < -0.4 is 0 Å². The Bertz CT molecular complexity index is 603. The lowest BCUT2D eigenvalue weighted by Crippen LogP contribution is -2.25. The molecule has 2 rings (SSSR count). The number of halogens is 1. The molecule has 1 aromatic carbocycles. The molecule has 0 saturated heterocycles. The summed E-state index contributed by atoms with van der Waals surface area (Å²) in [4.78, 5) is 16.6. The van der Waals surface area contributed by atoms with Crippen molar-refractivity contribution in [3.8, 4) is 0 Å². The van der Waals surface area contributed by atoms with Crippen molar-refractivity contribution in [2.45, 2.75) is 20.4 Å². The molecule has 2 nitrogen and oxygen atoms in total. The zero-order chi connectivity index (χ0) is 14.7. The van der Waals surface area contributed by atoms with Crippen molar-refractivity contribution in [2.75, 3.05) is 13.6 Å². The van der Waals surface area contributed by atoms with Crippen LogP contribution in [0.2, 0.25) is 5.02 Å². The van der Waals surface area contributed by atoms with Crippen LogP contribution in [-0.4, -0.2) is 24.3 Å². The van der Waals surface area contributed by atoms with Crippen molar-refractivity contribution < 1.29 is 4.79 Å². The number of ketones is 1. The zero-order valence-electron chi connectivity index (χ0n) is 11.9. The van der Waals surface area contributed by atoms with Crippen molar-refractivity contribution >= 4 is 28.7 Å². The molecule has 4 heteroatoms. The van der Waals surface area contributed by atoms with Gasteiger partial charge in [-0.25, -0.2) is 0 Å². The summed E-state index contributed by atoms with van der Waals surface area (Å²) in [6.45, 7) is 5.21. The highest BCUT2D eigenvalue weighted by atomic mass is 35.5. The molecule has 20 heavy (non-hydrogen) atoms. The third-order valence-corrected chi connectivity index (χ3v) is 4.34. The second-order valence-electron chi connectivity index (χ2n) is 5.05. The second-order valence-corrected chi connectivity index (χ2v) is 6.95. The van der Waals surface area contributed by atoms with E-state index in [0.717, 1.165) is 27.6 Å². The summed E-state index contributed by atoms with van der Waals surface area (Å²) in [5.74, 6) is 0.184. The molecular formula is C16H18ClNOS. The van der Waals surface area contributed by atoms with Gasteiger partial charge in [0, 0.05) is 26.9 Å². The Labute approximate surface area is 129 Å². The summed E-state index contributed by atoms with van der Waals surface area (Å²) in [5.41, 5.74) is 2.01. The summed E-state index contributed by atoms with van der Waals surface area (Å²) in [7, 11) is 1.96. The highest BCUT2D eigenvalue weighted by Gasteiger charge is 2.14. The van der Waals surface area contributed by atoms with E-state index in [1.807, 2.05) is 56.1 Å². The summed E-state index contributed by atoms with van der Waals surface area (Å²) >= 11 is 7.54. The van der Waals surface area contributed by atoms with E-state index >= 15 is 0 Å². The lowest BCUT2D eigenvalue weighted by Gasteiger charge is -2.15. The Morgan fingerprint density at radius 3 is 2.45 bits per heavy atom. The minimum Gasteiger partial charge on any atom is -0.295 e. The fourth-order valence-electron chi connectivity index (χ4n) is 2.20. The molecule has 0 fully saturated rings. The largest absolute Gasteiger partial charge is 0.295 e. The first-order chi connectivity index (χ1) is 9.45. The SMILES string of the molecule is Cc1cc(C(=O)CN(C)Cc2ccc(Cl)cc2)c(C)s1. The molecule has 0 saturated carbocycles. The second kappa shape index (κ2) is 6.53. The van der Waals surface area contributed by atoms with Gasteiger partial charge in [0.2, 0.25) is 0 Å². The monoisotopic (exact) mass is 307 g/mol. The van der Waals surface area contributed by atoms with Gasteiger partial charge in [-0.05, 0) is 44.7 Å². The third kappa shape index (κ3) is 3.92. The molecule has 0 radical (unpaired) electrons. The van der Waals surface area contributed by atoms with Gasteiger partial charge in [0.1, 0.15) is 0 Å². The minimum atomic E-state index is 0.184. The quantitative estimate of drug-likeness (QED) is 0.766. The lowest BCUT2D eigenvalue weighted by molar-refractivity contribution is 0.0943. The van der Waals surface area contributed by atoms with E-state index in [0.29, 0.717) is 6.54 Å². The smallest absolute Gasteiger partial charge is 0.177 e. The van der Waals surface area contributed by atoms with Crippen LogP contribution >= 0.6 is 22.9 Å². The number of likely N-dealkylation sites (N-methyl/N-ethyl adjacent to an activating group) is 1. The van der Waals surface area contributed by atoms with E-state index in [1.54, 1.807) is 11.3 Å². The molecule has 0 atom stereocenters. The zero-order valence-corrected chi connectivity index (χ0v) is 13.5. The predicted molar refractivity (Wildman–Crippen MR) is 85.9 cm³/mol.